The molecule has 2 fully saturated rings. The summed E-state index contributed by atoms with van der Waals surface area (Å²) in [5.74, 6) is -0.182. The zero-order chi connectivity index (χ0) is 8.06. The van der Waals surface area contributed by atoms with Crippen molar-refractivity contribution >= 4 is 5.97 Å². The van der Waals surface area contributed by atoms with Gasteiger partial charge in [-0.1, -0.05) is 6.58 Å². The molecule has 0 amide bonds. The third-order valence-electron chi connectivity index (χ3n) is 2.45. The molecule has 3 nitrogen and oxygen atoms in total. The first-order chi connectivity index (χ1) is 5.13. The molecule has 0 saturated carbocycles. The molecule has 2 rings (SSSR count). The quantitative estimate of drug-likeness (QED) is 0.379. The second kappa shape index (κ2) is 1.85. The third kappa shape index (κ3) is 0.744. The Morgan fingerprint density at radius 2 is 2.45 bits per heavy atom. The van der Waals surface area contributed by atoms with Crippen molar-refractivity contribution in [2.45, 2.75) is 25.0 Å². The third-order valence-corrected chi connectivity index (χ3v) is 2.45. The van der Waals surface area contributed by atoms with Crippen molar-refractivity contribution in [3.63, 3.8) is 0 Å². The lowest BCUT2D eigenvalue weighted by Gasteiger charge is -2.20. The SMILES string of the molecule is C=C1CO[C@@H]2CC(=O)O[C@]12C. The predicted octanol–water partition coefficient (Wildman–Crippen LogP) is 0.647. The van der Waals surface area contributed by atoms with E-state index in [1.807, 2.05) is 6.92 Å². The molecule has 0 spiro atoms. The molecular weight excluding hydrogens is 144 g/mol. The number of carbonyl (C=O) groups excluding carboxylic acids is 1. The number of fused-ring (bicyclic) bond motifs is 1. The maximum absolute atomic E-state index is 10.9. The lowest BCUT2D eigenvalue weighted by molar-refractivity contribution is -0.144. The van der Waals surface area contributed by atoms with Gasteiger partial charge < -0.3 is 9.47 Å². The molecule has 0 unspecified atom stereocenters. The lowest BCUT2D eigenvalue weighted by atomic mass is 9.95. The first kappa shape index (κ1) is 6.85. The van der Waals surface area contributed by atoms with Crippen LogP contribution in [0.15, 0.2) is 12.2 Å². The smallest absolute Gasteiger partial charge is 0.309 e. The van der Waals surface area contributed by atoms with Gasteiger partial charge in [-0.05, 0) is 12.5 Å². The molecule has 0 aromatic carbocycles. The summed E-state index contributed by atoms with van der Waals surface area (Å²) in [5, 5.41) is 0. The summed E-state index contributed by atoms with van der Waals surface area (Å²) in [7, 11) is 0. The Bertz CT molecular complexity index is 233. The number of rotatable bonds is 0. The minimum absolute atomic E-state index is 0.0949. The molecule has 0 N–H and O–H groups in total. The van der Waals surface area contributed by atoms with Crippen molar-refractivity contribution in [1.82, 2.24) is 0 Å². The van der Waals surface area contributed by atoms with E-state index >= 15 is 0 Å². The molecule has 2 atom stereocenters. The monoisotopic (exact) mass is 154 g/mol. The molecule has 11 heavy (non-hydrogen) atoms. The highest BCUT2D eigenvalue weighted by molar-refractivity contribution is 5.74. The zero-order valence-electron chi connectivity index (χ0n) is 6.42. The van der Waals surface area contributed by atoms with Gasteiger partial charge in [0.05, 0.1) is 13.0 Å². The molecular formula is C8H10O3. The molecule has 0 radical (unpaired) electrons. The first-order valence-corrected chi connectivity index (χ1v) is 3.64. The van der Waals surface area contributed by atoms with Gasteiger partial charge in [0.15, 0.2) is 5.60 Å². The fourth-order valence-electron chi connectivity index (χ4n) is 1.55. The lowest BCUT2D eigenvalue weighted by Crippen LogP contribution is -2.32. The van der Waals surface area contributed by atoms with Crippen LogP contribution in [-0.4, -0.2) is 24.3 Å². The number of esters is 1. The summed E-state index contributed by atoms with van der Waals surface area (Å²) in [4.78, 5) is 10.9. The van der Waals surface area contributed by atoms with E-state index in [9.17, 15) is 4.79 Å². The van der Waals surface area contributed by atoms with E-state index in [0.717, 1.165) is 5.57 Å². The van der Waals surface area contributed by atoms with E-state index in [-0.39, 0.29) is 12.1 Å². The van der Waals surface area contributed by atoms with Gasteiger partial charge in [-0.15, -0.1) is 0 Å². The molecule has 3 heteroatoms. The fraction of sp³-hybridized carbons (Fsp3) is 0.625. The van der Waals surface area contributed by atoms with Crippen molar-refractivity contribution in [2.24, 2.45) is 0 Å². The molecule has 0 aromatic rings. The molecule has 0 aliphatic carbocycles. The van der Waals surface area contributed by atoms with E-state index in [0.29, 0.717) is 13.0 Å². The summed E-state index contributed by atoms with van der Waals surface area (Å²) >= 11 is 0. The maximum atomic E-state index is 10.9. The Hall–Kier alpha value is -0.830. The summed E-state index contributed by atoms with van der Waals surface area (Å²) in [6.45, 7) is 6.18. The Balaban J connectivity index is 2.33. The van der Waals surface area contributed by atoms with Crippen LogP contribution < -0.4 is 0 Å². The minimum atomic E-state index is -0.531. The van der Waals surface area contributed by atoms with Crippen molar-refractivity contribution < 1.29 is 14.3 Å². The van der Waals surface area contributed by atoms with E-state index < -0.39 is 5.60 Å². The normalized spacial score (nSPS) is 42.5. The van der Waals surface area contributed by atoms with Gasteiger partial charge in [0, 0.05) is 0 Å². The van der Waals surface area contributed by atoms with Gasteiger partial charge in [-0.2, -0.15) is 0 Å². The molecule has 2 aliphatic heterocycles. The number of carbonyl (C=O) groups is 1. The van der Waals surface area contributed by atoms with E-state index in [1.54, 1.807) is 0 Å². The number of hydrogen-bond acceptors (Lipinski definition) is 3. The minimum Gasteiger partial charge on any atom is -0.452 e. The van der Waals surface area contributed by atoms with E-state index in [1.165, 1.54) is 0 Å². The Labute approximate surface area is 65.0 Å². The second-order valence-electron chi connectivity index (χ2n) is 3.19. The summed E-state index contributed by atoms with van der Waals surface area (Å²) in [6, 6.07) is 0. The van der Waals surface area contributed by atoms with Gasteiger partial charge in [-0.3, -0.25) is 4.79 Å². The summed E-state index contributed by atoms with van der Waals surface area (Å²) < 4.78 is 10.4. The first-order valence-electron chi connectivity index (χ1n) is 3.64. The van der Waals surface area contributed by atoms with Crippen LogP contribution in [0, 0.1) is 0 Å². The van der Waals surface area contributed by atoms with Crippen LogP contribution in [0.5, 0.6) is 0 Å². The fourth-order valence-corrected chi connectivity index (χ4v) is 1.55. The van der Waals surface area contributed by atoms with Gasteiger partial charge in [0.25, 0.3) is 0 Å². The van der Waals surface area contributed by atoms with Gasteiger partial charge in [0.1, 0.15) is 6.10 Å². The van der Waals surface area contributed by atoms with Crippen molar-refractivity contribution in [1.29, 1.82) is 0 Å². The van der Waals surface area contributed by atoms with Crippen molar-refractivity contribution in [2.75, 3.05) is 6.61 Å². The van der Waals surface area contributed by atoms with Crippen LogP contribution >= 0.6 is 0 Å². The molecule has 2 saturated heterocycles. The molecule has 0 bridgehead atoms. The van der Waals surface area contributed by atoms with Crippen LogP contribution in [0.2, 0.25) is 0 Å². The average Bonchev–Trinajstić information content (AvgIpc) is 2.32. The molecule has 2 heterocycles. The molecule has 2 aliphatic rings. The predicted molar refractivity (Wildman–Crippen MR) is 38.0 cm³/mol. The van der Waals surface area contributed by atoms with Crippen LogP contribution in [0.4, 0.5) is 0 Å². The Morgan fingerprint density at radius 1 is 1.73 bits per heavy atom. The Kier molecular flexibility index (Phi) is 1.16. The van der Waals surface area contributed by atoms with Crippen LogP contribution in [0.25, 0.3) is 0 Å². The largest absolute Gasteiger partial charge is 0.452 e. The zero-order valence-corrected chi connectivity index (χ0v) is 6.42. The van der Waals surface area contributed by atoms with Gasteiger partial charge >= 0.3 is 5.97 Å². The van der Waals surface area contributed by atoms with Crippen LogP contribution in [0.3, 0.4) is 0 Å². The summed E-state index contributed by atoms with van der Waals surface area (Å²) in [5.41, 5.74) is 0.338. The standard InChI is InChI=1S/C8H10O3/c1-5-4-10-6-3-7(9)11-8(5,6)2/h6H,1,3-4H2,2H3/t6-,8-/m1/s1. The van der Waals surface area contributed by atoms with E-state index in [2.05, 4.69) is 6.58 Å². The van der Waals surface area contributed by atoms with Crippen LogP contribution in [0.1, 0.15) is 13.3 Å². The summed E-state index contributed by atoms with van der Waals surface area (Å²) in [6.07, 6.45) is 0.276. The topological polar surface area (TPSA) is 35.5 Å². The highest BCUT2D eigenvalue weighted by atomic mass is 16.6. The highest BCUT2D eigenvalue weighted by Gasteiger charge is 2.52. The maximum Gasteiger partial charge on any atom is 0.309 e. The van der Waals surface area contributed by atoms with E-state index in [4.69, 9.17) is 9.47 Å². The van der Waals surface area contributed by atoms with Gasteiger partial charge in [-0.25, -0.2) is 0 Å². The highest BCUT2D eigenvalue weighted by Crippen LogP contribution is 2.40. The number of hydrogen-bond donors (Lipinski definition) is 0. The second-order valence-corrected chi connectivity index (χ2v) is 3.19. The van der Waals surface area contributed by atoms with Gasteiger partial charge in [0.2, 0.25) is 0 Å². The van der Waals surface area contributed by atoms with Crippen molar-refractivity contribution in [3.8, 4) is 0 Å². The average molecular weight is 154 g/mol. The molecule has 60 valence electrons. The number of ether oxygens (including phenoxy) is 2. The molecule has 0 aromatic heterocycles. The van der Waals surface area contributed by atoms with Crippen LogP contribution in [-0.2, 0) is 14.3 Å². The Morgan fingerprint density at radius 3 is 3.09 bits per heavy atom. The van der Waals surface area contributed by atoms with Crippen molar-refractivity contribution in [3.05, 3.63) is 12.2 Å².